The number of amides is 1. The summed E-state index contributed by atoms with van der Waals surface area (Å²) >= 11 is 0. The Balaban J connectivity index is 2.18. The molecular formula is C11H11N3O3. The molecule has 1 heterocycles. The van der Waals surface area contributed by atoms with E-state index in [0.29, 0.717) is 23.5 Å². The van der Waals surface area contributed by atoms with Crippen molar-refractivity contribution in [3.05, 3.63) is 34.8 Å². The quantitative estimate of drug-likeness (QED) is 0.838. The zero-order chi connectivity index (χ0) is 12.3. The van der Waals surface area contributed by atoms with Crippen LogP contribution in [0.4, 0.5) is 5.69 Å². The number of anilines is 1. The fourth-order valence-electron chi connectivity index (χ4n) is 1.32. The molecule has 0 aliphatic heterocycles. The standard InChI is InChI=1S/C11H11N3O3/c1-2-9(15)12-8-5-3-7(4-6-8)10-13-11(16)17-14-10/h3-6H,2H2,1H3,(H,12,15)(H,13,14,16). The van der Waals surface area contributed by atoms with Gasteiger partial charge in [0.15, 0.2) is 5.82 Å². The first-order valence-electron chi connectivity index (χ1n) is 5.15. The summed E-state index contributed by atoms with van der Waals surface area (Å²) in [7, 11) is 0. The molecule has 6 nitrogen and oxygen atoms in total. The van der Waals surface area contributed by atoms with E-state index in [2.05, 4.69) is 20.0 Å². The Morgan fingerprint density at radius 3 is 2.65 bits per heavy atom. The smallest absolute Gasteiger partial charge is 0.326 e. The van der Waals surface area contributed by atoms with E-state index in [4.69, 9.17) is 0 Å². The Morgan fingerprint density at radius 1 is 1.41 bits per heavy atom. The number of rotatable bonds is 3. The van der Waals surface area contributed by atoms with Crippen molar-refractivity contribution in [2.24, 2.45) is 0 Å². The van der Waals surface area contributed by atoms with Crippen LogP contribution in [0, 0.1) is 0 Å². The van der Waals surface area contributed by atoms with Crippen molar-refractivity contribution in [3.8, 4) is 11.4 Å². The van der Waals surface area contributed by atoms with Crippen molar-refractivity contribution < 1.29 is 9.32 Å². The predicted octanol–water partition coefficient (Wildman–Crippen LogP) is 1.38. The van der Waals surface area contributed by atoms with Crippen molar-refractivity contribution >= 4 is 11.6 Å². The monoisotopic (exact) mass is 233 g/mol. The number of aromatic nitrogens is 2. The number of benzene rings is 1. The second-order valence-corrected chi connectivity index (χ2v) is 3.42. The van der Waals surface area contributed by atoms with E-state index >= 15 is 0 Å². The molecule has 17 heavy (non-hydrogen) atoms. The molecule has 0 unspecified atom stereocenters. The van der Waals surface area contributed by atoms with Gasteiger partial charge < -0.3 is 5.32 Å². The lowest BCUT2D eigenvalue weighted by Crippen LogP contribution is -2.09. The van der Waals surface area contributed by atoms with Crippen molar-refractivity contribution in [1.29, 1.82) is 0 Å². The molecule has 1 aromatic carbocycles. The number of nitrogens with zero attached hydrogens (tertiary/aromatic N) is 1. The minimum Gasteiger partial charge on any atom is -0.326 e. The number of aromatic amines is 1. The van der Waals surface area contributed by atoms with Gasteiger partial charge in [0, 0.05) is 17.7 Å². The van der Waals surface area contributed by atoms with Crippen LogP contribution in [0.5, 0.6) is 0 Å². The van der Waals surface area contributed by atoms with Gasteiger partial charge in [0.1, 0.15) is 0 Å². The second-order valence-electron chi connectivity index (χ2n) is 3.42. The highest BCUT2D eigenvalue weighted by Gasteiger charge is 2.04. The number of carbonyl (C=O) groups is 1. The van der Waals surface area contributed by atoms with Crippen LogP contribution in [0.15, 0.2) is 33.6 Å². The third-order valence-corrected chi connectivity index (χ3v) is 2.20. The molecule has 2 aromatic rings. The lowest BCUT2D eigenvalue weighted by molar-refractivity contribution is -0.115. The maximum absolute atomic E-state index is 11.2. The van der Waals surface area contributed by atoms with Gasteiger partial charge in [0.25, 0.3) is 0 Å². The molecule has 0 radical (unpaired) electrons. The molecule has 2 rings (SSSR count). The fourth-order valence-corrected chi connectivity index (χ4v) is 1.32. The highest BCUT2D eigenvalue weighted by Crippen LogP contribution is 2.16. The number of H-pyrrole nitrogens is 1. The zero-order valence-corrected chi connectivity index (χ0v) is 9.19. The van der Waals surface area contributed by atoms with E-state index in [1.165, 1.54) is 0 Å². The molecule has 1 amide bonds. The summed E-state index contributed by atoms with van der Waals surface area (Å²) in [5.74, 6) is -0.278. The third kappa shape index (κ3) is 2.60. The number of carbonyl (C=O) groups excluding carboxylic acids is 1. The van der Waals surface area contributed by atoms with Crippen molar-refractivity contribution in [2.75, 3.05) is 5.32 Å². The van der Waals surface area contributed by atoms with E-state index in [9.17, 15) is 9.59 Å². The van der Waals surface area contributed by atoms with E-state index in [-0.39, 0.29) is 5.91 Å². The molecule has 88 valence electrons. The SMILES string of the molecule is CCC(=O)Nc1ccc(-c2noc(=O)[nH]2)cc1. The summed E-state index contributed by atoms with van der Waals surface area (Å²) < 4.78 is 4.40. The number of hydrogen-bond acceptors (Lipinski definition) is 4. The average Bonchev–Trinajstić information content (AvgIpc) is 2.77. The van der Waals surface area contributed by atoms with Crippen LogP contribution in [0.2, 0.25) is 0 Å². The topological polar surface area (TPSA) is 88.0 Å². The molecule has 0 aliphatic rings. The van der Waals surface area contributed by atoms with Gasteiger partial charge in [-0.25, -0.2) is 4.79 Å². The normalized spacial score (nSPS) is 10.2. The van der Waals surface area contributed by atoms with Gasteiger partial charge in [0.05, 0.1) is 0 Å². The Labute approximate surface area is 96.6 Å². The Hall–Kier alpha value is -2.37. The summed E-state index contributed by atoms with van der Waals surface area (Å²) in [6.07, 6.45) is 0.429. The summed E-state index contributed by atoms with van der Waals surface area (Å²) in [5, 5.41) is 6.28. The van der Waals surface area contributed by atoms with E-state index in [1.807, 2.05) is 0 Å². The van der Waals surface area contributed by atoms with Crippen molar-refractivity contribution in [1.82, 2.24) is 10.1 Å². The first-order chi connectivity index (χ1) is 8.19. The van der Waals surface area contributed by atoms with Crippen LogP contribution in [-0.2, 0) is 4.79 Å². The minimum atomic E-state index is -0.594. The Kier molecular flexibility index (Phi) is 3.04. The summed E-state index contributed by atoms with van der Waals surface area (Å²) in [4.78, 5) is 24.4. The van der Waals surface area contributed by atoms with E-state index < -0.39 is 5.76 Å². The highest BCUT2D eigenvalue weighted by atomic mass is 16.5. The van der Waals surface area contributed by atoms with Gasteiger partial charge in [-0.1, -0.05) is 12.1 Å². The molecule has 0 aliphatic carbocycles. The molecule has 0 spiro atoms. The van der Waals surface area contributed by atoms with Gasteiger partial charge in [-0.3, -0.25) is 14.3 Å². The lowest BCUT2D eigenvalue weighted by atomic mass is 10.2. The molecule has 0 fully saturated rings. The first-order valence-corrected chi connectivity index (χ1v) is 5.15. The van der Waals surface area contributed by atoms with Crippen LogP contribution >= 0.6 is 0 Å². The molecule has 1 aromatic heterocycles. The fraction of sp³-hybridized carbons (Fsp3) is 0.182. The van der Waals surface area contributed by atoms with Crippen LogP contribution in [0.1, 0.15) is 13.3 Å². The lowest BCUT2D eigenvalue weighted by Gasteiger charge is -2.03. The molecule has 0 saturated heterocycles. The van der Waals surface area contributed by atoms with Gasteiger partial charge in [-0.15, -0.1) is 0 Å². The minimum absolute atomic E-state index is 0.0485. The maximum atomic E-state index is 11.2. The summed E-state index contributed by atoms with van der Waals surface area (Å²) in [6.45, 7) is 1.78. The van der Waals surface area contributed by atoms with E-state index in [0.717, 1.165) is 0 Å². The Morgan fingerprint density at radius 2 is 2.12 bits per heavy atom. The zero-order valence-electron chi connectivity index (χ0n) is 9.19. The third-order valence-electron chi connectivity index (χ3n) is 2.20. The van der Waals surface area contributed by atoms with Crippen LogP contribution < -0.4 is 11.1 Å². The number of hydrogen-bond donors (Lipinski definition) is 2. The summed E-state index contributed by atoms with van der Waals surface area (Å²) in [6, 6.07) is 6.93. The molecule has 0 saturated carbocycles. The summed E-state index contributed by atoms with van der Waals surface area (Å²) in [5.41, 5.74) is 1.41. The average molecular weight is 233 g/mol. The first kappa shape index (κ1) is 11.1. The van der Waals surface area contributed by atoms with Crippen LogP contribution in [0.25, 0.3) is 11.4 Å². The molecule has 0 atom stereocenters. The highest BCUT2D eigenvalue weighted by molar-refractivity contribution is 5.90. The van der Waals surface area contributed by atoms with Crippen molar-refractivity contribution in [3.63, 3.8) is 0 Å². The maximum Gasteiger partial charge on any atom is 0.439 e. The number of nitrogens with one attached hydrogen (secondary N) is 2. The van der Waals surface area contributed by atoms with Crippen LogP contribution in [-0.4, -0.2) is 16.0 Å². The molecule has 2 N–H and O–H groups in total. The van der Waals surface area contributed by atoms with Gasteiger partial charge in [-0.2, -0.15) is 0 Å². The largest absolute Gasteiger partial charge is 0.439 e. The second kappa shape index (κ2) is 4.65. The molecule has 6 heteroatoms. The van der Waals surface area contributed by atoms with E-state index in [1.54, 1.807) is 31.2 Å². The van der Waals surface area contributed by atoms with Gasteiger partial charge in [-0.05, 0) is 24.3 Å². The molecule has 0 bridgehead atoms. The van der Waals surface area contributed by atoms with Gasteiger partial charge >= 0.3 is 5.76 Å². The van der Waals surface area contributed by atoms with Gasteiger partial charge in [0.2, 0.25) is 5.91 Å². The predicted molar refractivity (Wildman–Crippen MR) is 61.5 cm³/mol. The van der Waals surface area contributed by atoms with Crippen molar-refractivity contribution in [2.45, 2.75) is 13.3 Å². The molecular weight excluding hydrogens is 222 g/mol. The Bertz CT molecular complexity index is 568. The van der Waals surface area contributed by atoms with Crippen LogP contribution in [0.3, 0.4) is 0 Å².